The number of carbonyl (C=O) groups excluding carboxylic acids is 1. The summed E-state index contributed by atoms with van der Waals surface area (Å²) in [4.78, 5) is 39.9. The highest BCUT2D eigenvalue weighted by atomic mass is 127. The monoisotopic (exact) mass is 599 g/mol. The van der Waals surface area contributed by atoms with E-state index in [4.69, 9.17) is 16.3 Å². The molecule has 1 fully saturated rings. The second-order valence-electron chi connectivity index (χ2n) is 7.55. The van der Waals surface area contributed by atoms with Gasteiger partial charge in [-0.05, 0) is 24.3 Å². The number of hydroxylamine groups is 1. The third kappa shape index (κ3) is 5.51. The molecule has 1 amide bonds. The number of nitrogens with one attached hydrogen (secondary N) is 2. The Balaban J connectivity index is 1.59. The molecule has 1 aliphatic heterocycles. The number of fused-ring (bicyclic) bond motifs is 1. The summed E-state index contributed by atoms with van der Waals surface area (Å²) in [5.74, 6) is 0.648. The Hall–Kier alpha value is -2.68. The van der Waals surface area contributed by atoms with E-state index in [1.165, 1.54) is 11.7 Å². The van der Waals surface area contributed by atoms with Crippen LogP contribution in [0.4, 0.5) is 17.5 Å². The number of benzene rings is 1. The highest BCUT2D eigenvalue weighted by molar-refractivity contribution is 14.1. The van der Waals surface area contributed by atoms with Gasteiger partial charge in [0.15, 0.2) is 18.2 Å². The number of amides is 1. The predicted octanol–water partition coefficient (Wildman–Crippen LogP) is 2.25. The van der Waals surface area contributed by atoms with E-state index in [2.05, 4.69) is 56.5 Å². The number of aromatic nitrogens is 3. The molecule has 3 heterocycles. The Morgan fingerprint density at radius 3 is 2.74 bits per heavy atom. The molecule has 0 spiro atoms. The SMILES string of the molecule is CONC(=O)COc1cc2cc(Nc3nc(N4CCN(I)CC4)ncc3Cl)ccc2n(C)c1=O. The van der Waals surface area contributed by atoms with E-state index in [0.717, 1.165) is 37.3 Å². The summed E-state index contributed by atoms with van der Waals surface area (Å²) in [6.07, 6.45) is 1.59. The van der Waals surface area contributed by atoms with E-state index in [9.17, 15) is 9.59 Å². The molecule has 34 heavy (non-hydrogen) atoms. The van der Waals surface area contributed by atoms with Crippen molar-refractivity contribution in [3.8, 4) is 5.75 Å². The average Bonchev–Trinajstić information content (AvgIpc) is 2.82. The fourth-order valence-corrected chi connectivity index (χ4v) is 4.11. The van der Waals surface area contributed by atoms with Gasteiger partial charge in [-0.1, -0.05) is 11.6 Å². The summed E-state index contributed by atoms with van der Waals surface area (Å²) in [6, 6.07) is 7.10. The molecule has 3 aromatic rings. The average molecular weight is 600 g/mol. The summed E-state index contributed by atoms with van der Waals surface area (Å²) >= 11 is 8.68. The van der Waals surface area contributed by atoms with Crippen LogP contribution < -0.4 is 26.0 Å². The molecule has 0 radical (unpaired) electrons. The van der Waals surface area contributed by atoms with Crippen molar-refractivity contribution in [2.24, 2.45) is 7.05 Å². The van der Waals surface area contributed by atoms with Crippen molar-refractivity contribution in [3.63, 3.8) is 0 Å². The highest BCUT2D eigenvalue weighted by Crippen LogP contribution is 2.28. The fourth-order valence-electron chi connectivity index (χ4n) is 3.54. The molecule has 13 heteroatoms. The first-order chi connectivity index (χ1) is 16.4. The van der Waals surface area contributed by atoms with Crippen LogP contribution in [-0.4, -0.2) is 63.5 Å². The fraction of sp³-hybridized carbons (Fsp3) is 0.333. The molecule has 1 aliphatic rings. The van der Waals surface area contributed by atoms with E-state index < -0.39 is 5.91 Å². The molecule has 1 saturated heterocycles. The first kappa shape index (κ1) is 24.4. The summed E-state index contributed by atoms with van der Waals surface area (Å²) in [6.45, 7) is 3.17. The number of carbonyl (C=O) groups is 1. The van der Waals surface area contributed by atoms with Crippen LogP contribution in [0.3, 0.4) is 0 Å². The number of pyridine rings is 1. The van der Waals surface area contributed by atoms with Gasteiger partial charge in [0, 0.05) is 67.2 Å². The van der Waals surface area contributed by atoms with Crippen LogP contribution in [0.25, 0.3) is 10.9 Å². The Bertz CT molecular complexity index is 1260. The predicted molar refractivity (Wildman–Crippen MR) is 138 cm³/mol. The minimum atomic E-state index is -0.505. The largest absolute Gasteiger partial charge is 0.478 e. The van der Waals surface area contributed by atoms with Gasteiger partial charge in [-0.3, -0.25) is 14.4 Å². The molecule has 0 bridgehead atoms. The van der Waals surface area contributed by atoms with Gasteiger partial charge >= 0.3 is 0 Å². The van der Waals surface area contributed by atoms with Crippen molar-refractivity contribution in [1.29, 1.82) is 0 Å². The number of halogens is 2. The van der Waals surface area contributed by atoms with Crippen LogP contribution in [0.2, 0.25) is 5.02 Å². The lowest BCUT2D eigenvalue weighted by atomic mass is 10.2. The first-order valence-corrected chi connectivity index (χ1v) is 11.7. The molecule has 11 nitrogen and oxygen atoms in total. The van der Waals surface area contributed by atoms with Gasteiger partial charge in [0.05, 0.1) is 18.8 Å². The second-order valence-corrected chi connectivity index (χ2v) is 9.32. The van der Waals surface area contributed by atoms with Gasteiger partial charge in [-0.15, -0.1) is 0 Å². The lowest BCUT2D eigenvalue weighted by Gasteiger charge is -2.31. The molecule has 2 N–H and O–H groups in total. The molecule has 0 saturated carbocycles. The maximum absolute atomic E-state index is 12.6. The van der Waals surface area contributed by atoms with Gasteiger partial charge < -0.3 is 19.5 Å². The summed E-state index contributed by atoms with van der Waals surface area (Å²) in [7, 11) is 2.96. The van der Waals surface area contributed by atoms with Crippen LogP contribution in [-0.2, 0) is 16.7 Å². The van der Waals surface area contributed by atoms with Crippen LogP contribution >= 0.6 is 34.5 Å². The molecule has 1 aromatic carbocycles. The van der Waals surface area contributed by atoms with Gasteiger partial charge in [0.2, 0.25) is 5.95 Å². The van der Waals surface area contributed by atoms with Gasteiger partial charge in [-0.2, -0.15) is 4.98 Å². The minimum absolute atomic E-state index is 0.0511. The van der Waals surface area contributed by atoms with Crippen LogP contribution in [0.1, 0.15) is 0 Å². The van der Waals surface area contributed by atoms with Crippen molar-refractivity contribution in [2.45, 2.75) is 0 Å². The summed E-state index contributed by atoms with van der Waals surface area (Å²) in [5, 5.41) is 4.37. The Morgan fingerprint density at radius 1 is 1.24 bits per heavy atom. The molecule has 2 aromatic heterocycles. The van der Waals surface area contributed by atoms with Crippen LogP contribution in [0.15, 0.2) is 35.3 Å². The van der Waals surface area contributed by atoms with Crippen molar-refractivity contribution in [1.82, 2.24) is 23.1 Å². The Kier molecular flexibility index (Phi) is 7.70. The third-order valence-electron chi connectivity index (χ3n) is 5.27. The Labute approximate surface area is 214 Å². The van der Waals surface area contributed by atoms with Gasteiger partial charge in [0.25, 0.3) is 11.5 Å². The molecule has 0 unspecified atom stereocenters. The van der Waals surface area contributed by atoms with Gasteiger partial charge in [0.1, 0.15) is 5.02 Å². The number of nitrogens with zero attached hydrogens (tertiary/aromatic N) is 5. The maximum atomic E-state index is 12.6. The standard InChI is InChI=1S/C21H23ClIN7O4/c1-28-16-4-3-14(9-13(16)10-17(20(28)32)34-12-18(31)27-33-2)25-19-15(22)11-24-21(26-19)29-5-7-30(23)8-6-29/h3-4,9-11H,5-8,12H2,1-2H3,(H,27,31)(H,24,25,26). The van der Waals surface area contributed by atoms with Crippen molar-refractivity contribution >= 4 is 68.7 Å². The van der Waals surface area contributed by atoms with E-state index in [1.54, 1.807) is 19.3 Å². The van der Waals surface area contributed by atoms with Crippen molar-refractivity contribution in [3.05, 3.63) is 45.8 Å². The second kappa shape index (κ2) is 10.7. The number of anilines is 3. The van der Waals surface area contributed by atoms with Crippen molar-refractivity contribution in [2.75, 3.05) is 50.1 Å². The lowest BCUT2D eigenvalue weighted by molar-refractivity contribution is -0.133. The van der Waals surface area contributed by atoms with Crippen LogP contribution in [0.5, 0.6) is 5.75 Å². The quantitative estimate of drug-likeness (QED) is 0.240. The zero-order chi connectivity index (χ0) is 24.2. The van der Waals surface area contributed by atoms with Gasteiger partial charge in [-0.25, -0.2) is 13.6 Å². The number of ether oxygens (including phenoxy) is 1. The first-order valence-electron chi connectivity index (χ1n) is 10.4. The number of hydrogen-bond donors (Lipinski definition) is 2. The Morgan fingerprint density at radius 2 is 2.00 bits per heavy atom. The molecule has 180 valence electrons. The minimum Gasteiger partial charge on any atom is -0.478 e. The van der Waals surface area contributed by atoms with E-state index in [0.29, 0.717) is 22.3 Å². The normalized spacial score (nSPS) is 14.3. The van der Waals surface area contributed by atoms with E-state index in [-0.39, 0.29) is 17.9 Å². The lowest BCUT2D eigenvalue weighted by Crippen LogP contribution is -2.42. The topological polar surface area (TPSA) is 114 Å². The molecular weight excluding hydrogens is 577 g/mol. The summed E-state index contributed by atoms with van der Waals surface area (Å²) in [5.41, 5.74) is 3.22. The smallest absolute Gasteiger partial charge is 0.293 e. The summed E-state index contributed by atoms with van der Waals surface area (Å²) < 4.78 is 9.10. The van der Waals surface area contributed by atoms with E-state index in [1.807, 2.05) is 18.2 Å². The molecular formula is C21H23ClIN7O4. The molecule has 0 atom stereocenters. The van der Waals surface area contributed by atoms with Crippen LogP contribution in [0, 0.1) is 0 Å². The zero-order valence-electron chi connectivity index (χ0n) is 18.5. The molecule has 0 aliphatic carbocycles. The number of piperazine rings is 1. The van der Waals surface area contributed by atoms with E-state index >= 15 is 0 Å². The van der Waals surface area contributed by atoms with Crippen molar-refractivity contribution < 1.29 is 14.4 Å². The number of hydrogen-bond acceptors (Lipinski definition) is 9. The molecule has 4 rings (SSSR count). The maximum Gasteiger partial charge on any atom is 0.293 e. The number of aryl methyl sites for hydroxylation is 1. The highest BCUT2D eigenvalue weighted by Gasteiger charge is 2.19. The third-order valence-corrected chi connectivity index (χ3v) is 6.51. The number of rotatable bonds is 7. The zero-order valence-corrected chi connectivity index (χ0v) is 21.5.